The van der Waals surface area contributed by atoms with Crippen molar-refractivity contribution in [2.45, 2.75) is 0 Å². The lowest BCUT2D eigenvalue weighted by Crippen LogP contribution is -2.17. The van der Waals surface area contributed by atoms with E-state index in [1.54, 1.807) is 24.4 Å². The van der Waals surface area contributed by atoms with E-state index in [9.17, 15) is 4.79 Å². The van der Waals surface area contributed by atoms with Crippen molar-refractivity contribution in [2.75, 3.05) is 6.79 Å². The Hall–Kier alpha value is -2.76. The second-order valence-corrected chi connectivity index (χ2v) is 4.31. The predicted molar refractivity (Wildman–Crippen MR) is 73.0 cm³/mol. The van der Waals surface area contributed by atoms with Crippen LogP contribution in [0.25, 0.3) is 0 Å². The molecule has 1 aromatic heterocycles. The number of nitrogens with one attached hydrogen (secondary N) is 1. The van der Waals surface area contributed by atoms with Gasteiger partial charge in [-0.25, -0.2) is 5.43 Å². The second kappa shape index (κ2) is 5.08. The molecule has 1 N–H and O–H groups in total. The van der Waals surface area contributed by atoms with Crippen molar-refractivity contribution in [2.24, 2.45) is 12.1 Å². The van der Waals surface area contributed by atoms with Crippen molar-refractivity contribution >= 4 is 12.1 Å². The van der Waals surface area contributed by atoms with Gasteiger partial charge in [0.2, 0.25) is 6.79 Å². The van der Waals surface area contributed by atoms with E-state index in [0.717, 1.165) is 5.69 Å². The minimum atomic E-state index is -0.297. The van der Waals surface area contributed by atoms with E-state index in [1.807, 2.05) is 29.9 Å². The summed E-state index contributed by atoms with van der Waals surface area (Å²) in [4.78, 5) is 11.9. The number of hydrogen-bond acceptors (Lipinski definition) is 4. The van der Waals surface area contributed by atoms with Crippen LogP contribution in [0.2, 0.25) is 0 Å². The fourth-order valence-corrected chi connectivity index (χ4v) is 1.87. The van der Waals surface area contributed by atoms with Crippen LogP contribution >= 0.6 is 0 Å². The number of benzene rings is 1. The number of carbonyl (C=O) groups is 1. The lowest BCUT2D eigenvalue weighted by molar-refractivity contribution is 0.0954. The first-order valence-electron chi connectivity index (χ1n) is 6.08. The average molecular weight is 271 g/mol. The van der Waals surface area contributed by atoms with E-state index >= 15 is 0 Å². The van der Waals surface area contributed by atoms with Crippen molar-refractivity contribution in [1.29, 1.82) is 0 Å². The molecule has 20 heavy (non-hydrogen) atoms. The van der Waals surface area contributed by atoms with Gasteiger partial charge in [0.1, 0.15) is 0 Å². The van der Waals surface area contributed by atoms with E-state index in [4.69, 9.17) is 9.47 Å². The fourth-order valence-electron chi connectivity index (χ4n) is 1.87. The molecule has 1 aromatic carbocycles. The van der Waals surface area contributed by atoms with Gasteiger partial charge in [-0.3, -0.25) is 4.79 Å². The van der Waals surface area contributed by atoms with Gasteiger partial charge in [0.05, 0.1) is 11.9 Å². The van der Waals surface area contributed by atoms with Crippen LogP contribution < -0.4 is 14.9 Å². The van der Waals surface area contributed by atoms with Crippen molar-refractivity contribution in [3.63, 3.8) is 0 Å². The van der Waals surface area contributed by atoms with Crippen molar-refractivity contribution in [1.82, 2.24) is 9.99 Å². The number of nitrogens with zero attached hydrogens (tertiary/aromatic N) is 2. The molecular weight excluding hydrogens is 258 g/mol. The molecule has 6 nitrogen and oxygen atoms in total. The Morgan fingerprint density at radius 2 is 2.20 bits per heavy atom. The number of aromatic nitrogens is 1. The first-order chi connectivity index (χ1) is 9.74. The van der Waals surface area contributed by atoms with Crippen molar-refractivity contribution in [3.8, 4) is 11.5 Å². The van der Waals surface area contributed by atoms with Crippen LogP contribution in [0.15, 0.2) is 41.6 Å². The normalized spacial score (nSPS) is 12.8. The first-order valence-corrected chi connectivity index (χ1v) is 6.08. The monoisotopic (exact) mass is 271 g/mol. The maximum atomic E-state index is 11.9. The van der Waals surface area contributed by atoms with Crippen LogP contribution in [0, 0.1) is 0 Å². The summed E-state index contributed by atoms with van der Waals surface area (Å²) in [6, 6.07) is 8.81. The molecule has 0 fully saturated rings. The summed E-state index contributed by atoms with van der Waals surface area (Å²) < 4.78 is 12.3. The van der Waals surface area contributed by atoms with Crippen LogP contribution in [-0.2, 0) is 7.05 Å². The smallest absolute Gasteiger partial charge is 0.271 e. The van der Waals surface area contributed by atoms with Gasteiger partial charge in [0.15, 0.2) is 11.5 Å². The zero-order valence-electron chi connectivity index (χ0n) is 10.9. The van der Waals surface area contributed by atoms with Crippen LogP contribution in [0.5, 0.6) is 11.5 Å². The fraction of sp³-hybridized carbons (Fsp3) is 0.143. The topological polar surface area (TPSA) is 64.9 Å². The Balaban J connectivity index is 1.68. The first kappa shape index (κ1) is 12.3. The molecule has 3 rings (SSSR count). The predicted octanol–water partition coefficient (Wildman–Crippen LogP) is 1.52. The van der Waals surface area contributed by atoms with Crippen LogP contribution in [0.3, 0.4) is 0 Å². The SMILES string of the molecule is Cn1cccc1C=NNC(=O)c1ccc2c(c1)OCO2. The van der Waals surface area contributed by atoms with Gasteiger partial charge in [-0.1, -0.05) is 0 Å². The van der Waals surface area contributed by atoms with Gasteiger partial charge < -0.3 is 14.0 Å². The molecule has 2 aromatic rings. The Bertz CT molecular complexity index is 676. The summed E-state index contributed by atoms with van der Waals surface area (Å²) in [6.07, 6.45) is 3.49. The summed E-state index contributed by atoms with van der Waals surface area (Å²) >= 11 is 0. The molecule has 0 aliphatic carbocycles. The average Bonchev–Trinajstić information content (AvgIpc) is 3.07. The number of aryl methyl sites for hydroxylation is 1. The zero-order chi connectivity index (χ0) is 13.9. The third-order valence-corrected chi connectivity index (χ3v) is 2.98. The highest BCUT2D eigenvalue weighted by Crippen LogP contribution is 2.32. The van der Waals surface area contributed by atoms with Crippen LogP contribution in [0.4, 0.5) is 0 Å². The number of amides is 1. The van der Waals surface area contributed by atoms with Crippen LogP contribution in [0.1, 0.15) is 16.1 Å². The number of rotatable bonds is 3. The summed E-state index contributed by atoms with van der Waals surface area (Å²) in [7, 11) is 1.90. The molecule has 1 aliphatic heterocycles. The summed E-state index contributed by atoms with van der Waals surface area (Å²) in [5.74, 6) is 0.923. The van der Waals surface area contributed by atoms with Gasteiger partial charge in [-0.2, -0.15) is 5.10 Å². The van der Waals surface area contributed by atoms with Gasteiger partial charge >= 0.3 is 0 Å². The van der Waals surface area contributed by atoms with E-state index in [2.05, 4.69) is 10.5 Å². The molecular formula is C14H13N3O3. The lowest BCUT2D eigenvalue weighted by Gasteiger charge is -2.01. The van der Waals surface area contributed by atoms with Gasteiger partial charge in [0.25, 0.3) is 5.91 Å². The Morgan fingerprint density at radius 1 is 1.35 bits per heavy atom. The highest BCUT2D eigenvalue weighted by Gasteiger charge is 2.15. The number of hydrazone groups is 1. The number of ether oxygens (including phenoxy) is 2. The maximum Gasteiger partial charge on any atom is 0.271 e. The summed E-state index contributed by atoms with van der Waals surface area (Å²) in [5.41, 5.74) is 3.85. The number of carbonyl (C=O) groups excluding carboxylic acids is 1. The highest BCUT2D eigenvalue weighted by atomic mass is 16.7. The lowest BCUT2D eigenvalue weighted by atomic mass is 10.2. The molecule has 1 amide bonds. The number of hydrogen-bond donors (Lipinski definition) is 1. The molecule has 0 saturated carbocycles. The Labute approximate surface area is 115 Å². The molecule has 0 bridgehead atoms. The molecule has 0 radical (unpaired) electrons. The van der Waals surface area contributed by atoms with Gasteiger partial charge in [-0.05, 0) is 30.3 Å². The van der Waals surface area contributed by atoms with Gasteiger partial charge in [0, 0.05) is 18.8 Å². The third-order valence-electron chi connectivity index (χ3n) is 2.98. The molecule has 2 heterocycles. The third kappa shape index (κ3) is 2.35. The van der Waals surface area contributed by atoms with E-state index in [-0.39, 0.29) is 12.7 Å². The quantitative estimate of drug-likeness (QED) is 0.680. The summed E-state index contributed by atoms with van der Waals surface area (Å²) in [5, 5.41) is 3.93. The molecule has 0 spiro atoms. The minimum Gasteiger partial charge on any atom is -0.454 e. The second-order valence-electron chi connectivity index (χ2n) is 4.31. The maximum absolute atomic E-state index is 11.9. The zero-order valence-corrected chi connectivity index (χ0v) is 10.9. The van der Waals surface area contributed by atoms with Crippen molar-refractivity contribution in [3.05, 3.63) is 47.8 Å². The Kier molecular flexibility index (Phi) is 3.12. The highest BCUT2D eigenvalue weighted by molar-refractivity contribution is 5.95. The van der Waals surface area contributed by atoms with Gasteiger partial charge in [-0.15, -0.1) is 0 Å². The summed E-state index contributed by atoms with van der Waals surface area (Å²) in [6.45, 7) is 0.187. The number of fused-ring (bicyclic) bond motifs is 1. The largest absolute Gasteiger partial charge is 0.454 e. The van der Waals surface area contributed by atoms with E-state index in [1.165, 1.54) is 0 Å². The molecule has 1 aliphatic rings. The molecule has 0 unspecified atom stereocenters. The molecule has 0 atom stereocenters. The van der Waals surface area contributed by atoms with E-state index in [0.29, 0.717) is 17.1 Å². The van der Waals surface area contributed by atoms with Crippen LogP contribution in [-0.4, -0.2) is 23.5 Å². The standard InChI is InChI=1S/C14H13N3O3/c1-17-6-2-3-11(17)8-15-16-14(18)10-4-5-12-13(7-10)20-9-19-12/h2-8H,9H2,1H3,(H,16,18). The Morgan fingerprint density at radius 3 is 3.00 bits per heavy atom. The molecule has 6 heteroatoms. The van der Waals surface area contributed by atoms with E-state index < -0.39 is 0 Å². The molecule has 0 saturated heterocycles. The molecule has 102 valence electrons. The minimum absolute atomic E-state index is 0.187. The van der Waals surface area contributed by atoms with Crippen molar-refractivity contribution < 1.29 is 14.3 Å².